The van der Waals surface area contributed by atoms with Crippen molar-refractivity contribution in [2.24, 2.45) is 0 Å². The molecule has 0 bridgehead atoms. The molecule has 0 spiro atoms. The topological polar surface area (TPSA) is 18.5 Å². The molecule has 3 aliphatic rings. The summed E-state index contributed by atoms with van der Waals surface area (Å²) in [7, 11) is 0. The average molecular weight is 271 g/mol. The van der Waals surface area contributed by atoms with Crippen molar-refractivity contribution in [1.29, 1.82) is 0 Å². The standard InChI is InChI=1S/C17H25N3/c1-13-10-16(12-20(13)15-6-7-15)19-9-8-18-11-14-4-2-3-5-17(14)19/h2-5,13,15-16,18H,6-12H2,1H3. The largest absolute Gasteiger partial charge is 0.366 e. The van der Waals surface area contributed by atoms with Crippen molar-refractivity contribution < 1.29 is 0 Å². The van der Waals surface area contributed by atoms with Gasteiger partial charge in [0.15, 0.2) is 0 Å². The first kappa shape index (κ1) is 12.7. The van der Waals surface area contributed by atoms with Crippen LogP contribution in [0, 0.1) is 0 Å². The summed E-state index contributed by atoms with van der Waals surface area (Å²) < 4.78 is 0. The minimum absolute atomic E-state index is 0.701. The Balaban J connectivity index is 1.58. The van der Waals surface area contributed by atoms with Gasteiger partial charge in [0.2, 0.25) is 0 Å². The normalized spacial score (nSPS) is 31.1. The number of nitrogens with one attached hydrogen (secondary N) is 1. The second-order valence-corrected chi connectivity index (χ2v) is 6.67. The van der Waals surface area contributed by atoms with Crippen LogP contribution in [0.2, 0.25) is 0 Å². The van der Waals surface area contributed by atoms with Crippen molar-refractivity contribution in [3.05, 3.63) is 29.8 Å². The fourth-order valence-electron chi connectivity index (χ4n) is 4.03. The molecule has 1 N–H and O–H groups in total. The van der Waals surface area contributed by atoms with Gasteiger partial charge < -0.3 is 10.2 Å². The third kappa shape index (κ3) is 2.23. The maximum atomic E-state index is 3.56. The molecule has 20 heavy (non-hydrogen) atoms. The van der Waals surface area contributed by atoms with Gasteiger partial charge in [-0.1, -0.05) is 18.2 Å². The van der Waals surface area contributed by atoms with Crippen LogP contribution in [0.5, 0.6) is 0 Å². The van der Waals surface area contributed by atoms with E-state index in [4.69, 9.17) is 0 Å². The summed E-state index contributed by atoms with van der Waals surface area (Å²) in [5.41, 5.74) is 2.93. The molecule has 1 aromatic rings. The molecule has 0 aromatic heterocycles. The zero-order valence-electron chi connectivity index (χ0n) is 12.4. The summed E-state index contributed by atoms with van der Waals surface area (Å²) in [5, 5.41) is 3.56. The Morgan fingerprint density at radius 1 is 1.15 bits per heavy atom. The Morgan fingerprint density at radius 3 is 2.85 bits per heavy atom. The molecule has 2 fully saturated rings. The van der Waals surface area contributed by atoms with Crippen LogP contribution >= 0.6 is 0 Å². The van der Waals surface area contributed by atoms with Gasteiger partial charge in [0.05, 0.1) is 0 Å². The number of anilines is 1. The number of benzene rings is 1. The molecule has 3 heteroatoms. The molecule has 1 saturated heterocycles. The van der Waals surface area contributed by atoms with Crippen molar-refractivity contribution in [3.8, 4) is 0 Å². The SMILES string of the molecule is CC1CC(N2CCNCc3ccccc32)CN1C1CC1. The second-order valence-electron chi connectivity index (χ2n) is 6.67. The Morgan fingerprint density at radius 2 is 2.00 bits per heavy atom. The summed E-state index contributed by atoms with van der Waals surface area (Å²) in [6, 6.07) is 11.3. The van der Waals surface area contributed by atoms with Gasteiger partial charge >= 0.3 is 0 Å². The highest BCUT2D eigenvalue weighted by Gasteiger charge is 2.40. The maximum absolute atomic E-state index is 3.56. The van der Waals surface area contributed by atoms with Crippen LogP contribution in [-0.4, -0.2) is 42.7 Å². The molecular weight excluding hydrogens is 246 g/mol. The van der Waals surface area contributed by atoms with Gasteiger partial charge in [-0.15, -0.1) is 0 Å². The van der Waals surface area contributed by atoms with Gasteiger partial charge in [0, 0.05) is 50.0 Å². The van der Waals surface area contributed by atoms with E-state index in [9.17, 15) is 0 Å². The summed E-state index contributed by atoms with van der Waals surface area (Å²) in [6.45, 7) is 6.94. The van der Waals surface area contributed by atoms with E-state index >= 15 is 0 Å². The van der Waals surface area contributed by atoms with Gasteiger partial charge in [-0.2, -0.15) is 0 Å². The van der Waals surface area contributed by atoms with E-state index in [2.05, 4.69) is 46.3 Å². The summed E-state index contributed by atoms with van der Waals surface area (Å²) in [6.07, 6.45) is 4.18. The Labute approximate surface area is 121 Å². The lowest BCUT2D eigenvalue weighted by Crippen LogP contribution is -2.40. The van der Waals surface area contributed by atoms with Crippen molar-refractivity contribution in [3.63, 3.8) is 0 Å². The first-order valence-corrected chi connectivity index (χ1v) is 8.14. The van der Waals surface area contributed by atoms with Crippen LogP contribution in [0.4, 0.5) is 5.69 Å². The number of para-hydroxylation sites is 1. The van der Waals surface area contributed by atoms with E-state index in [1.807, 2.05) is 0 Å². The van der Waals surface area contributed by atoms with Crippen LogP contribution in [0.25, 0.3) is 0 Å². The van der Waals surface area contributed by atoms with E-state index in [-0.39, 0.29) is 0 Å². The van der Waals surface area contributed by atoms with Crippen molar-refractivity contribution >= 4 is 5.69 Å². The number of likely N-dealkylation sites (tertiary alicyclic amines) is 1. The summed E-state index contributed by atoms with van der Waals surface area (Å²) in [5.74, 6) is 0. The summed E-state index contributed by atoms with van der Waals surface area (Å²) in [4.78, 5) is 5.43. The lowest BCUT2D eigenvalue weighted by Gasteiger charge is -2.31. The van der Waals surface area contributed by atoms with Gasteiger partial charge in [-0.05, 0) is 37.8 Å². The van der Waals surface area contributed by atoms with E-state index in [1.54, 1.807) is 0 Å². The highest BCUT2D eigenvalue weighted by atomic mass is 15.3. The average Bonchev–Trinajstić information content (AvgIpc) is 3.26. The molecule has 3 nitrogen and oxygen atoms in total. The Kier molecular flexibility index (Phi) is 3.20. The van der Waals surface area contributed by atoms with E-state index in [0.717, 1.165) is 31.7 Å². The molecular formula is C17H25N3. The molecule has 2 aliphatic heterocycles. The van der Waals surface area contributed by atoms with E-state index < -0.39 is 0 Å². The van der Waals surface area contributed by atoms with Gasteiger partial charge in [-0.25, -0.2) is 0 Å². The number of hydrogen-bond donors (Lipinski definition) is 1. The number of nitrogens with zero attached hydrogens (tertiary/aromatic N) is 2. The van der Waals surface area contributed by atoms with Crippen molar-refractivity contribution in [1.82, 2.24) is 10.2 Å². The third-order valence-corrected chi connectivity index (χ3v) is 5.20. The molecule has 2 heterocycles. The first-order chi connectivity index (χ1) is 9.83. The quantitative estimate of drug-likeness (QED) is 0.890. The number of rotatable bonds is 2. The first-order valence-electron chi connectivity index (χ1n) is 8.14. The predicted molar refractivity (Wildman–Crippen MR) is 83.1 cm³/mol. The number of hydrogen-bond acceptors (Lipinski definition) is 3. The molecule has 0 amide bonds. The lowest BCUT2D eigenvalue weighted by atomic mass is 10.1. The van der Waals surface area contributed by atoms with E-state index in [1.165, 1.54) is 37.1 Å². The predicted octanol–water partition coefficient (Wildman–Crippen LogP) is 2.22. The van der Waals surface area contributed by atoms with Crippen LogP contribution in [-0.2, 0) is 6.54 Å². The number of fused-ring (bicyclic) bond motifs is 1. The third-order valence-electron chi connectivity index (χ3n) is 5.20. The zero-order valence-corrected chi connectivity index (χ0v) is 12.4. The maximum Gasteiger partial charge on any atom is 0.0432 e. The molecule has 108 valence electrons. The van der Waals surface area contributed by atoms with Gasteiger partial charge in [-0.3, -0.25) is 4.90 Å². The molecule has 2 atom stereocenters. The highest BCUT2D eigenvalue weighted by Crippen LogP contribution is 2.36. The van der Waals surface area contributed by atoms with E-state index in [0.29, 0.717) is 6.04 Å². The Hall–Kier alpha value is -1.06. The monoisotopic (exact) mass is 271 g/mol. The lowest BCUT2D eigenvalue weighted by molar-refractivity contribution is 0.256. The molecule has 4 rings (SSSR count). The van der Waals surface area contributed by atoms with Gasteiger partial charge in [0.1, 0.15) is 0 Å². The molecule has 2 unspecified atom stereocenters. The van der Waals surface area contributed by atoms with Crippen LogP contribution < -0.4 is 10.2 Å². The van der Waals surface area contributed by atoms with Crippen LogP contribution in [0.15, 0.2) is 24.3 Å². The molecule has 1 aromatic carbocycles. The van der Waals surface area contributed by atoms with Crippen LogP contribution in [0.3, 0.4) is 0 Å². The van der Waals surface area contributed by atoms with Crippen molar-refractivity contribution in [2.45, 2.75) is 50.9 Å². The minimum atomic E-state index is 0.701. The Bertz CT molecular complexity index is 483. The van der Waals surface area contributed by atoms with Crippen molar-refractivity contribution in [2.75, 3.05) is 24.5 Å². The summed E-state index contributed by atoms with van der Waals surface area (Å²) >= 11 is 0. The zero-order chi connectivity index (χ0) is 13.5. The molecule has 0 radical (unpaired) electrons. The molecule has 1 saturated carbocycles. The van der Waals surface area contributed by atoms with Crippen LogP contribution in [0.1, 0.15) is 31.7 Å². The second kappa shape index (κ2) is 5.05. The fourth-order valence-corrected chi connectivity index (χ4v) is 4.03. The molecule has 1 aliphatic carbocycles. The highest BCUT2D eigenvalue weighted by molar-refractivity contribution is 5.55. The smallest absolute Gasteiger partial charge is 0.0432 e. The fraction of sp³-hybridized carbons (Fsp3) is 0.647. The minimum Gasteiger partial charge on any atom is -0.366 e. The van der Waals surface area contributed by atoms with Gasteiger partial charge in [0.25, 0.3) is 0 Å².